The fourth-order valence-electron chi connectivity index (χ4n) is 3.82. The summed E-state index contributed by atoms with van der Waals surface area (Å²) in [6, 6.07) is 27.8. The van der Waals surface area contributed by atoms with Gasteiger partial charge in [0.25, 0.3) is 21.8 Å². The predicted octanol–water partition coefficient (Wildman–Crippen LogP) is 5.34. The molecular formula is C30H27ClN4O5S. The lowest BCUT2D eigenvalue weighted by Crippen LogP contribution is -2.39. The Balaban J connectivity index is 1.49. The van der Waals surface area contributed by atoms with E-state index in [1.165, 1.54) is 31.4 Å². The summed E-state index contributed by atoms with van der Waals surface area (Å²) in [4.78, 5) is 25.5. The number of nitrogens with zero attached hydrogens (tertiary/aromatic N) is 2. The number of carbonyl (C=O) groups is 2. The lowest BCUT2D eigenvalue weighted by atomic mass is 10.1. The Morgan fingerprint density at radius 3 is 2.24 bits per heavy atom. The summed E-state index contributed by atoms with van der Waals surface area (Å²) in [7, 11) is -2.60. The van der Waals surface area contributed by atoms with Gasteiger partial charge in [-0.1, -0.05) is 48.0 Å². The number of methoxy groups -OCH3 is 1. The molecule has 2 amide bonds. The first-order valence-corrected chi connectivity index (χ1v) is 14.2. The largest absolute Gasteiger partial charge is 0.497 e. The van der Waals surface area contributed by atoms with Gasteiger partial charge in [0.1, 0.15) is 12.3 Å². The van der Waals surface area contributed by atoms with Crippen LogP contribution in [0.5, 0.6) is 5.75 Å². The van der Waals surface area contributed by atoms with Gasteiger partial charge in [0, 0.05) is 16.3 Å². The van der Waals surface area contributed by atoms with Crippen LogP contribution in [0.15, 0.2) is 113 Å². The quantitative estimate of drug-likeness (QED) is 0.191. The molecule has 9 nitrogen and oxygen atoms in total. The number of para-hydroxylation sites is 1. The van der Waals surface area contributed by atoms with Crippen molar-refractivity contribution in [3.05, 3.63) is 119 Å². The van der Waals surface area contributed by atoms with Crippen LogP contribution in [-0.4, -0.2) is 39.6 Å². The van der Waals surface area contributed by atoms with E-state index in [1.54, 1.807) is 85.8 Å². The normalized spacial score (nSPS) is 11.4. The minimum Gasteiger partial charge on any atom is -0.497 e. The first kappa shape index (κ1) is 29.3. The Hall–Kier alpha value is -4.67. The molecule has 0 aliphatic carbocycles. The summed E-state index contributed by atoms with van der Waals surface area (Å²) in [5.41, 5.74) is 4.78. The number of halogens is 1. The number of hydrogen-bond donors (Lipinski definition) is 2. The number of carbonyl (C=O) groups excluding carboxylic acids is 2. The number of nitrogens with one attached hydrogen (secondary N) is 2. The SMILES string of the molecule is COc1ccc(S(=O)(=O)N(CC(=O)N/N=C(/C)c2cccc(NC(=O)c3cccc(Cl)c3)c2)c2ccccc2)cc1. The number of hydrazone groups is 1. The highest BCUT2D eigenvalue weighted by Crippen LogP contribution is 2.25. The molecule has 0 aromatic heterocycles. The van der Waals surface area contributed by atoms with Gasteiger partial charge < -0.3 is 10.1 Å². The van der Waals surface area contributed by atoms with E-state index in [1.807, 2.05) is 0 Å². The van der Waals surface area contributed by atoms with Crippen LogP contribution in [0.4, 0.5) is 11.4 Å². The van der Waals surface area contributed by atoms with Crippen molar-refractivity contribution in [3.8, 4) is 5.75 Å². The van der Waals surface area contributed by atoms with Gasteiger partial charge in [0.15, 0.2) is 0 Å². The van der Waals surface area contributed by atoms with E-state index in [-0.39, 0.29) is 10.8 Å². The van der Waals surface area contributed by atoms with Gasteiger partial charge in [-0.2, -0.15) is 5.10 Å². The number of ether oxygens (including phenoxy) is 1. The summed E-state index contributed by atoms with van der Waals surface area (Å²) in [5, 5.41) is 7.42. The highest BCUT2D eigenvalue weighted by atomic mass is 35.5. The molecule has 0 unspecified atom stereocenters. The van der Waals surface area contributed by atoms with Crippen LogP contribution in [0.25, 0.3) is 0 Å². The summed E-state index contributed by atoms with van der Waals surface area (Å²) < 4.78 is 33.1. The van der Waals surface area contributed by atoms with Gasteiger partial charge in [0.2, 0.25) is 0 Å². The Morgan fingerprint density at radius 1 is 0.878 bits per heavy atom. The predicted molar refractivity (Wildman–Crippen MR) is 160 cm³/mol. The molecule has 0 saturated carbocycles. The van der Waals surface area contributed by atoms with E-state index in [0.29, 0.717) is 39.0 Å². The molecule has 2 N–H and O–H groups in total. The maximum absolute atomic E-state index is 13.5. The molecule has 4 aromatic rings. The number of hydrogen-bond acceptors (Lipinski definition) is 6. The van der Waals surface area contributed by atoms with Crippen molar-refractivity contribution in [2.75, 3.05) is 23.3 Å². The third-order valence-electron chi connectivity index (χ3n) is 5.95. The van der Waals surface area contributed by atoms with E-state index in [0.717, 1.165) is 4.31 Å². The molecule has 4 aromatic carbocycles. The van der Waals surface area contributed by atoms with E-state index in [4.69, 9.17) is 16.3 Å². The summed E-state index contributed by atoms with van der Waals surface area (Å²) in [6.45, 7) is 1.17. The van der Waals surface area contributed by atoms with Gasteiger partial charge in [0.05, 0.1) is 23.4 Å². The van der Waals surface area contributed by atoms with Crippen molar-refractivity contribution in [3.63, 3.8) is 0 Å². The second-order valence-electron chi connectivity index (χ2n) is 8.80. The molecule has 4 rings (SSSR count). The van der Waals surface area contributed by atoms with Gasteiger partial charge in [-0.25, -0.2) is 13.8 Å². The second kappa shape index (κ2) is 13.1. The Morgan fingerprint density at radius 2 is 1.56 bits per heavy atom. The van der Waals surface area contributed by atoms with Crippen molar-refractivity contribution in [1.82, 2.24) is 5.43 Å². The van der Waals surface area contributed by atoms with Crippen LogP contribution in [-0.2, 0) is 14.8 Å². The number of anilines is 2. The Bertz CT molecular complexity index is 1680. The summed E-state index contributed by atoms with van der Waals surface area (Å²) in [6.07, 6.45) is 0. The zero-order valence-electron chi connectivity index (χ0n) is 22.2. The second-order valence-corrected chi connectivity index (χ2v) is 11.1. The lowest BCUT2D eigenvalue weighted by Gasteiger charge is -2.23. The van der Waals surface area contributed by atoms with E-state index < -0.39 is 22.5 Å². The van der Waals surface area contributed by atoms with Gasteiger partial charge in [-0.05, 0) is 79.2 Å². The highest BCUT2D eigenvalue weighted by molar-refractivity contribution is 7.92. The zero-order chi connectivity index (χ0) is 29.4. The third-order valence-corrected chi connectivity index (χ3v) is 7.98. The molecule has 210 valence electrons. The molecular weight excluding hydrogens is 564 g/mol. The van der Waals surface area contributed by atoms with Crippen molar-refractivity contribution in [1.29, 1.82) is 0 Å². The van der Waals surface area contributed by atoms with Gasteiger partial charge in [-0.3, -0.25) is 13.9 Å². The van der Waals surface area contributed by atoms with E-state index >= 15 is 0 Å². The fraction of sp³-hybridized carbons (Fsp3) is 0.100. The Labute approximate surface area is 243 Å². The number of rotatable bonds is 10. The monoisotopic (exact) mass is 590 g/mol. The molecule has 0 saturated heterocycles. The van der Waals surface area contributed by atoms with Crippen molar-refractivity contribution in [2.45, 2.75) is 11.8 Å². The van der Waals surface area contributed by atoms with Crippen LogP contribution in [0.2, 0.25) is 5.02 Å². The molecule has 0 aliphatic heterocycles. The van der Waals surface area contributed by atoms with Crippen LogP contribution < -0.4 is 19.8 Å². The Kier molecular flexibility index (Phi) is 9.38. The average molecular weight is 591 g/mol. The molecule has 0 atom stereocenters. The summed E-state index contributed by atoms with van der Waals surface area (Å²) in [5.74, 6) is -0.465. The fourth-order valence-corrected chi connectivity index (χ4v) is 5.43. The average Bonchev–Trinajstić information content (AvgIpc) is 2.99. The topological polar surface area (TPSA) is 117 Å². The lowest BCUT2D eigenvalue weighted by molar-refractivity contribution is -0.119. The molecule has 0 aliphatic rings. The van der Waals surface area contributed by atoms with Crippen molar-refractivity contribution >= 4 is 50.5 Å². The maximum atomic E-state index is 13.5. The van der Waals surface area contributed by atoms with E-state index in [2.05, 4.69) is 15.8 Å². The van der Waals surface area contributed by atoms with Gasteiger partial charge in [-0.15, -0.1) is 0 Å². The molecule has 0 bridgehead atoms. The molecule has 41 heavy (non-hydrogen) atoms. The van der Waals surface area contributed by atoms with E-state index in [9.17, 15) is 18.0 Å². The smallest absolute Gasteiger partial charge is 0.264 e. The number of benzene rings is 4. The first-order chi connectivity index (χ1) is 19.7. The van der Waals surface area contributed by atoms with Crippen LogP contribution in [0.3, 0.4) is 0 Å². The number of sulfonamides is 1. The molecule has 0 fully saturated rings. The van der Waals surface area contributed by atoms with Crippen molar-refractivity contribution < 1.29 is 22.7 Å². The molecule has 0 heterocycles. The molecule has 0 spiro atoms. The molecule has 0 radical (unpaired) electrons. The first-order valence-electron chi connectivity index (χ1n) is 12.4. The van der Waals surface area contributed by atoms with Crippen LogP contribution in [0, 0.1) is 0 Å². The van der Waals surface area contributed by atoms with Crippen LogP contribution in [0.1, 0.15) is 22.8 Å². The van der Waals surface area contributed by atoms with Gasteiger partial charge >= 0.3 is 0 Å². The maximum Gasteiger partial charge on any atom is 0.264 e. The zero-order valence-corrected chi connectivity index (χ0v) is 23.8. The van der Waals surface area contributed by atoms with Crippen molar-refractivity contribution in [2.24, 2.45) is 5.10 Å². The highest BCUT2D eigenvalue weighted by Gasteiger charge is 2.27. The standard InChI is InChI=1S/C30H27ClN4O5S/c1-21(22-8-7-11-25(19-22)32-30(37)23-9-6-10-24(31)18-23)33-34-29(36)20-35(26-12-4-3-5-13-26)41(38,39)28-16-14-27(40-2)15-17-28/h3-19H,20H2,1-2H3,(H,32,37)(H,34,36)/b33-21-. The minimum absolute atomic E-state index is 0.00581. The third kappa shape index (κ3) is 7.50. The van der Waals surface area contributed by atoms with Crippen LogP contribution >= 0.6 is 11.6 Å². The summed E-state index contributed by atoms with van der Waals surface area (Å²) >= 11 is 5.98. The molecule has 11 heteroatoms. The minimum atomic E-state index is -4.09. The number of amides is 2.